The smallest absolute Gasteiger partial charge is 0.230 e. The molecule has 2 atom stereocenters. The standard InChI is InChI=1S/C15H25N3O2.ClH/c1-12(19)17-6-8-18(9-7-17)14(20)15-5-3-2-4-13(15)10-16-11-15;/h13,16H,2-11H2,1H3;1H/t13-,15+;/m0./s1. The number of hydrogen-bond donors (Lipinski definition) is 1. The first-order valence-corrected chi connectivity index (χ1v) is 7.89. The molecule has 6 heteroatoms. The number of nitrogens with zero attached hydrogens (tertiary/aromatic N) is 2. The van der Waals surface area contributed by atoms with Gasteiger partial charge in [-0.1, -0.05) is 12.8 Å². The van der Waals surface area contributed by atoms with E-state index in [1.807, 2.05) is 9.80 Å². The lowest BCUT2D eigenvalue weighted by molar-refractivity contribution is -0.149. The molecule has 0 aromatic rings. The molecule has 5 nitrogen and oxygen atoms in total. The van der Waals surface area contributed by atoms with Crippen molar-refractivity contribution in [2.75, 3.05) is 39.3 Å². The van der Waals surface area contributed by atoms with Crippen molar-refractivity contribution >= 4 is 24.2 Å². The Morgan fingerprint density at radius 3 is 2.43 bits per heavy atom. The van der Waals surface area contributed by atoms with Gasteiger partial charge in [0.25, 0.3) is 0 Å². The van der Waals surface area contributed by atoms with Crippen LogP contribution in [0.5, 0.6) is 0 Å². The Bertz CT molecular complexity index is 410. The van der Waals surface area contributed by atoms with Crippen LogP contribution in [0.25, 0.3) is 0 Å². The SMILES string of the molecule is CC(=O)N1CCN(C(=O)[C@@]23CCCC[C@H]2CNC3)CC1.Cl. The molecule has 3 aliphatic rings. The Kier molecular flexibility index (Phi) is 5.15. The quantitative estimate of drug-likeness (QED) is 0.781. The monoisotopic (exact) mass is 315 g/mol. The minimum absolute atomic E-state index is 0. The lowest BCUT2D eigenvalue weighted by Crippen LogP contribution is -2.56. The van der Waals surface area contributed by atoms with E-state index < -0.39 is 0 Å². The van der Waals surface area contributed by atoms with Crippen LogP contribution in [0.15, 0.2) is 0 Å². The van der Waals surface area contributed by atoms with Gasteiger partial charge >= 0.3 is 0 Å². The number of fused-ring (bicyclic) bond motifs is 1. The van der Waals surface area contributed by atoms with Gasteiger partial charge in [0.1, 0.15) is 0 Å². The Labute approximate surface area is 132 Å². The molecule has 0 radical (unpaired) electrons. The van der Waals surface area contributed by atoms with Crippen molar-refractivity contribution in [3.05, 3.63) is 0 Å². The summed E-state index contributed by atoms with van der Waals surface area (Å²) in [7, 11) is 0. The van der Waals surface area contributed by atoms with Crippen LogP contribution in [0.1, 0.15) is 32.6 Å². The van der Waals surface area contributed by atoms with Gasteiger partial charge in [0, 0.05) is 39.6 Å². The molecular formula is C15H26ClN3O2. The maximum Gasteiger partial charge on any atom is 0.230 e. The first kappa shape index (κ1) is 16.6. The zero-order valence-electron chi connectivity index (χ0n) is 12.8. The lowest BCUT2D eigenvalue weighted by Gasteiger charge is -2.43. The minimum atomic E-state index is -0.142. The molecule has 0 spiro atoms. The van der Waals surface area contributed by atoms with Gasteiger partial charge in [0.2, 0.25) is 11.8 Å². The van der Waals surface area contributed by atoms with Crippen molar-refractivity contribution in [1.29, 1.82) is 0 Å². The van der Waals surface area contributed by atoms with Gasteiger partial charge < -0.3 is 15.1 Å². The molecule has 0 aromatic heterocycles. The second-order valence-corrected chi connectivity index (χ2v) is 6.53. The van der Waals surface area contributed by atoms with Crippen LogP contribution < -0.4 is 5.32 Å². The van der Waals surface area contributed by atoms with Crippen LogP contribution in [0.2, 0.25) is 0 Å². The number of amides is 2. The molecule has 120 valence electrons. The first-order chi connectivity index (χ1) is 9.63. The molecule has 1 N–H and O–H groups in total. The largest absolute Gasteiger partial charge is 0.339 e. The van der Waals surface area contributed by atoms with Crippen LogP contribution >= 0.6 is 12.4 Å². The van der Waals surface area contributed by atoms with Crippen molar-refractivity contribution in [3.8, 4) is 0 Å². The molecule has 21 heavy (non-hydrogen) atoms. The average Bonchev–Trinajstić information content (AvgIpc) is 2.91. The maximum absolute atomic E-state index is 13.0. The van der Waals surface area contributed by atoms with E-state index in [0.29, 0.717) is 38.0 Å². The summed E-state index contributed by atoms with van der Waals surface area (Å²) in [6.07, 6.45) is 4.67. The number of hydrogen-bond acceptors (Lipinski definition) is 3. The summed E-state index contributed by atoms with van der Waals surface area (Å²) >= 11 is 0. The normalized spacial score (nSPS) is 32.3. The summed E-state index contributed by atoms with van der Waals surface area (Å²) in [4.78, 5) is 28.2. The van der Waals surface area contributed by atoms with Gasteiger partial charge in [-0.15, -0.1) is 12.4 Å². The fourth-order valence-corrected chi connectivity index (χ4v) is 4.21. The number of nitrogens with one attached hydrogen (secondary N) is 1. The highest BCUT2D eigenvalue weighted by Crippen LogP contribution is 2.45. The Balaban J connectivity index is 0.00000161. The second-order valence-electron chi connectivity index (χ2n) is 6.53. The van der Waals surface area contributed by atoms with Crippen LogP contribution in [0, 0.1) is 11.3 Å². The van der Waals surface area contributed by atoms with Crippen molar-refractivity contribution in [2.45, 2.75) is 32.6 Å². The number of rotatable bonds is 1. The highest BCUT2D eigenvalue weighted by Gasteiger charge is 2.51. The predicted octanol–water partition coefficient (Wildman–Crippen LogP) is 0.879. The third kappa shape index (κ3) is 2.90. The topological polar surface area (TPSA) is 52.7 Å². The summed E-state index contributed by atoms with van der Waals surface area (Å²) in [6.45, 7) is 6.24. The summed E-state index contributed by atoms with van der Waals surface area (Å²) in [5.41, 5.74) is -0.142. The first-order valence-electron chi connectivity index (χ1n) is 7.89. The number of carbonyl (C=O) groups excluding carboxylic acids is 2. The maximum atomic E-state index is 13.0. The fraction of sp³-hybridized carbons (Fsp3) is 0.867. The third-order valence-corrected chi connectivity index (χ3v) is 5.48. The van der Waals surface area contributed by atoms with E-state index >= 15 is 0 Å². The molecule has 1 saturated carbocycles. The summed E-state index contributed by atoms with van der Waals surface area (Å²) < 4.78 is 0. The fourth-order valence-electron chi connectivity index (χ4n) is 4.21. The van der Waals surface area contributed by atoms with E-state index in [4.69, 9.17) is 0 Å². The van der Waals surface area contributed by atoms with Crippen molar-refractivity contribution in [1.82, 2.24) is 15.1 Å². The lowest BCUT2D eigenvalue weighted by atomic mass is 9.67. The van der Waals surface area contributed by atoms with E-state index in [-0.39, 0.29) is 23.7 Å². The zero-order chi connectivity index (χ0) is 14.2. The van der Waals surface area contributed by atoms with Crippen LogP contribution in [0.3, 0.4) is 0 Å². The van der Waals surface area contributed by atoms with E-state index in [1.165, 1.54) is 19.3 Å². The molecule has 0 bridgehead atoms. The average molecular weight is 316 g/mol. The van der Waals surface area contributed by atoms with Crippen LogP contribution in [0.4, 0.5) is 0 Å². The molecule has 3 fully saturated rings. The number of halogens is 1. The van der Waals surface area contributed by atoms with Gasteiger partial charge in [0.05, 0.1) is 5.41 Å². The number of carbonyl (C=O) groups is 2. The number of piperazine rings is 1. The zero-order valence-corrected chi connectivity index (χ0v) is 13.6. The van der Waals surface area contributed by atoms with Gasteiger partial charge in [-0.05, 0) is 25.3 Å². The molecule has 2 aliphatic heterocycles. The third-order valence-electron chi connectivity index (χ3n) is 5.48. The molecule has 0 aromatic carbocycles. The van der Waals surface area contributed by atoms with Crippen LogP contribution in [-0.2, 0) is 9.59 Å². The minimum Gasteiger partial charge on any atom is -0.339 e. The summed E-state index contributed by atoms with van der Waals surface area (Å²) in [6, 6.07) is 0. The van der Waals surface area contributed by atoms with Crippen molar-refractivity contribution < 1.29 is 9.59 Å². The van der Waals surface area contributed by atoms with Gasteiger partial charge in [-0.25, -0.2) is 0 Å². The summed E-state index contributed by atoms with van der Waals surface area (Å²) in [5, 5.41) is 3.44. The highest BCUT2D eigenvalue weighted by molar-refractivity contribution is 5.85. The van der Waals surface area contributed by atoms with Crippen molar-refractivity contribution in [2.24, 2.45) is 11.3 Å². The second kappa shape index (κ2) is 6.53. The van der Waals surface area contributed by atoms with Crippen molar-refractivity contribution in [3.63, 3.8) is 0 Å². The molecule has 1 aliphatic carbocycles. The van der Waals surface area contributed by atoms with Gasteiger partial charge in [-0.2, -0.15) is 0 Å². The molecule has 0 unspecified atom stereocenters. The predicted molar refractivity (Wildman–Crippen MR) is 83.3 cm³/mol. The van der Waals surface area contributed by atoms with E-state index in [0.717, 1.165) is 19.5 Å². The van der Waals surface area contributed by atoms with E-state index in [9.17, 15) is 9.59 Å². The van der Waals surface area contributed by atoms with Gasteiger partial charge in [-0.3, -0.25) is 9.59 Å². The molecule has 3 rings (SSSR count). The molecular weight excluding hydrogens is 290 g/mol. The highest BCUT2D eigenvalue weighted by atomic mass is 35.5. The molecule has 2 amide bonds. The Morgan fingerprint density at radius 1 is 1.10 bits per heavy atom. The Hall–Kier alpha value is -0.810. The molecule has 2 heterocycles. The van der Waals surface area contributed by atoms with Gasteiger partial charge in [0.15, 0.2) is 0 Å². The summed E-state index contributed by atoms with van der Waals surface area (Å²) in [5.74, 6) is 0.985. The van der Waals surface area contributed by atoms with Crippen LogP contribution in [-0.4, -0.2) is 60.9 Å². The van der Waals surface area contributed by atoms with E-state index in [1.54, 1.807) is 6.92 Å². The Morgan fingerprint density at radius 2 is 1.76 bits per heavy atom. The van der Waals surface area contributed by atoms with E-state index in [2.05, 4.69) is 5.32 Å². The molecule has 2 saturated heterocycles.